The Bertz CT molecular complexity index is 682. The summed E-state index contributed by atoms with van der Waals surface area (Å²) in [4.78, 5) is 4.58. The van der Waals surface area contributed by atoms with Crippen LogP contribution in [0.5, 0.6) is 5.75 Å². The number of aromatic nitrogens is 1. The Morgan fingerprint density at radius 3 is 2.50 bits per heavy atom. The number of rotatable bonds is 2. The second-order valence-corrected chi connectivity index (χ2v) is 6.21. The fourth-order valence-electron chi connectivity index (χ4n) is 2.08. The van der Waals surface area contributed by atoms with E-state index < -0.39 is 9.52 Å². The smallest absolute Gasteiger partial charge is 0.141 e. The van der Waals surface area contributed by atoms with E-state index >= 15 is 0 Å². The number of para-hydroxylation sites is 1. The zero-order valence-corrected chi connectivity index (χ0v) is 11.3. The second-order valence-electron chi connectivity index (χ2n) is 4.31. The summed E-state index contributed by atoms with van der Waals surface area (Å²) in [5, 5.41) is 13.3. The molecular weight excluding hydrogens is 238 g/mol. The minimum atomic E-state index is -0.561. The Labute approximate surface area is 108 Å². The first kappa shape index (κ1) is 11.0. The van der Waals surface area contributed by atoms with Gasteiger partial charge >= 0.3 is 0 Å². The Hall–Kier alpha value is -2.13. The number of fused-ring (bicyclic) bond motifs is 1. The maximum atomic E-state index is 9.81. The first-order chi connectivity index (χ1) is 8.83. The molecular formula is C15H13NOSi. The summed E-state index contributed by atoms with van der Waals surface area (Å²) in [6.45, 7) is 0. The molecule has 0 aliphatic heterocycles. The Balaban J connectivity index is 2.01. The molecule has 0 unspecified atom stereocenters. The van der Waals surface area contributed by atoms with Crippen LogP contribution in [0.25, 0.3) is 10.9 Å². The minimum Gasteiger partial charge on any atom is -0.506 e. The van der Waals surface area contributed by atoms with Gasteiger partial charge in [0.15, 0.2) is 0 Å². The lowest BCUT2D eigenvalue weighted by atomic mass is 10.2. The van der Waals surface area contributed by atoms with Gasteiger partial charge < -0.3 is 5.11 Å². The highest BCUT2D eigenvalue weighted by molar-refractivity contribution is 6.66. The number of pyridine rings is 1. The molecule has 0 radical (unpaired) electrons. The largest absolute Gasteiger partial charge is 0.506 e. The average Bonchev–Trinajstić information content (AvgIpc) is 2.41. The third-order valence-electron chi connectivity index (χ3n) is 2.98. The average molecular weight is 251 g/mol. The molecule has 0 saturated carbocycles. The van der Waals surface area contributed by atoms with Crippen LogP contribution >= 0.6 is 0 Å². The van der Waals surface area contributed by atoms with Crippen molar-refractivity contribution < 1.29 is 5.11 Å². The first-order valence-corrected chi connectivity index (χ1v) is 7.36. The normalized spacial score (nSPS) is 11.3. The third-order valence-corrected chi connectivity index (χ3v) is 4.62. The van der Waals surface area contributed by atoms with E-state index in [1.807, 2.05) is 24.3 Å². The highest BCUT2D eigenvalue weighted by Crippen LogP contribution is 2.20. The van der Waals surface area contributed by atoms with Gasteiger partial charge in [0, 0.05) is 10.7 Å². The van der Waals surface area contributed by atoms with Crippen LogP contribution in [0.1, 0.15) is 0 Å². The van der Waals surface area contributed by atoms with Gasteiger partial charge in [0.25, 0.3) is 0 Å². The van der Waals surface area contributed by atoms with Crippen molar-refractivity contribution >= 4 is 30.9 Å². The maximum Gasteiger partial charge on any atom is 0.141 e. The van der Waals surface area contributed by atoms with Crippen LogP contribution in [-0.2, 0) is 0 Å². The number of hydrogen-bond donors (Lipinski definition) is 1. The summed E-state index contributed by atoms with van der Waals surface area (Å²) >= 11 is 0. The molecule has 3 heteroatoms. The van der Waals surface area contributed by atoms with E-state index in [2.05, 4.69) is 35.3 Å². The van der Waals surface area contributed by atoms with Gasteiger partial charge in [-0.25, -0.2) is 0 Å². The van der Waals surface area contributed by atoms with Crippen LogP contribution in [0.15, 0.2) is 60.7 Å². The molecule has 0 atom stereocenters. The van der Waals surface area contributed by atoms with Crippen molar-refractivity contribution in [1.29, 1.82) is 0 Å². The lowest BCUT2D eigenvalue weighted by Crippen LogP contribution is -2.29. The van der Waals surface area contributed by atoms with E-state index in [4.69, 9.17) is 0 Å². The molecule has 18 heavy (non-hydrogen) atoms. The Morgan fingerprint density at radius 1 is 0.833 bits per heavy atom. The summed E-state index contributed by atoms with van der Waals surface area (Å²) in [7, 11) is -0.561. The second kappa shape index (κ2) is 4.62. The number of aromatic hydroxyl groups is 1. The van der Waals surface area contributed by atoms with Gasteiger partial charge in [-0.2, -0.15) is 0 Å². The van der Waals surface area contributed by atoms with Crippen molar-refractivity contribution in [3.8, 4) is 5.75 Å². The summed E-state index contributed by atoms with van der Waals surface area (Å²) in [6, 6.07) is 20.0. The monoisotopic (exact) mass is 251 g/mol. The zero-order chi connectivity index (χ0) is 12.4. The molecule has 2 aromatic carbocycles. The molecule has 1 aromatic heterocycles. The Morgan fingerprint density at radius 2 is 1.67 bits per heavy atom. The van der Waals surface area contributed by atoms with Gasteiger partial charge in [-0.05, 0) is 12.1 Å². The van der Waals surface area contributed by atoms with Crippen LogP contribution in [0.2, 0.25) is 0 Å². The highest BCUT2D eigenvalue weighted by Gasteiger charge is 2.03. The Kier molecular flexibility index (Phi) is 2.82. The molecule has 2 nitrogen and oxygen atoms in total. The van der Waals surface area contributed by atoms with Crippen molar-refractivity contribution in [3.05, 3.63) is 60.7 Å². The zero-order valence-electron chi connectivity index (χ0n) is 9.88. The molecule has 0 fully saturated rings. The molecule has 0 bridgehead atoms. The standard InChI is InChI=1S/C15H13NOSi/c17-13-8-4-5-11-9-10-14(16-15(11)13)18-12-6-2-1-3-7-12/h1-10,17H,18H2. The van der Waals surface area contributed by atoms with Crippen molar-refractivity contribution in [2.45, 2.75) is 0 Å². The summed E-state index contributed by atoms with van der Waals surface area (Å²) < 4.78 is 0. The number of nitrogens with zero attached hydrogens (tertiary/aromatic N) is 1. The van der Waals surface area contributed by atoms with Gasteiger partial charge in [-0.1, -0.05) is 53.7 Å². The van der Waals surface area contributed by atoms with E-state index in [1.54, 1.807) is 6.07 Å². The summed E-state index contributed by atoms with van der Waals surface area (Å²) in [6.07, 6.45) is 0. The maximum absolute atomic E-state index is 9.81. The summed E-state index contributed by atoms with van der Waals surface area (Å²) in [5.74, 6) is 0.261. The van der Waals surface area contributed by atoms with Gasteiger partial charge in [-0.3, -0.25) is 4.98 Å². The van der Waals surface area contributed by atoms with Crippen molar-refractivity contribution in [2.24, 2.45) is 0 Å². The first-order valence-electron chi connectivity index (χ1n) is 5.94. The number of benzene rings is 2. The molecule has 3 rings (SSSR count). The van der Waals surface area contributed by atoms with E-state index in [0.717, 1.165) is 10.7 Å². The van der Waals surface area contributed by atoms with Crippen LogP contribution in [0.3, 0.4) is 0 Å². The van der Waals surface area contributed by atoms with Gasteiger partial charge in [0.1, 0.15) is 20.8 Å². The molecule has 0 spiro atoms. The SMILES string of the molecule is Oc1cccc2ccc([SiH2]c3ccccc3)nc12. The molecule has 0 aliphatic rings. The van der Waals surface area contributed by atoms with Gasteiger partial charge in [-0.15, -0.1) is 0 Å². The lowest BCUT2D eigenvalue weighted by Gasteiger charge is -2.04. The molecule has 1 N–H and O–H groups in total. The van der Waals surface area contributed by atoms with Gasteiger partial charge in [0.2, 0.25) is 0 Å². The van der Waals surface area contributed by atoms with E-state index in [9.17, 15) is 5.11 Å². The van der Waals surface area contributed by atoms with Crippen LogP contribution in [0, 0.1) is 0 Å². The topological polar surface area (TPSA) is 33.1 Å². The van der Waals surface area contributed by atoms with Crippen LogP contribution in [0.4, 0.5) is 0 Å². The predicted molar refractivity (Wildman–Crippen MR) is 77.7 cm³/mol. The van der Waals surface area contributed by atoms with Crippen molar-refractivity contribution in [2.75, 3.05) is 0 Å². The number of phenols is 1. The summed E-state index contributed by atoms with van der Waals surface area (Å²) in [5.41, 5.74) is 0.707. The number of hydrogen-bond acceptors (Lipinski definition) is 2. The van der Waals surface area contributed by atoms with E-state index in [0.29, 0.717) is 5.52 Å². The van der Waals surface area contributed by atoms with Crippen LogP contribution in [-0.4, -0.2) is 19.6 Å². The molecule has 0 amide bonds. The molecule has 0 aliphatic carbocycles. The minimum absolute atomic E-state index is 0.261. The lowest BCUT2D eigenvalue weighted by molar-refractivity contribution is 0.480. The fourth-order valence-corrected chi connectivity index (χ4v) is 3.47. The van der Waals surface area contributed by atoms with Crippen molar-refractivity contribution in [3.63, 3.8) is 0 Å². The quantitative estimate of drug-likeness (QED) is 0.691. The fraction of sp³-hybridized carbons (Fsp3) is 0. The van der Waals surface area contributed by atoms with E-state index in [1.165, 1.54) is 5.19 Å². The number of phenolic OH excluding ortho intramolecular Hbond substituents is 1. The predicted octanol–water partition coefficient (Wildman–Crippen LogP) is 1.06. The molecule has 88 valence electrons. The molecule has 0 saturated heterocycles. The third kappa shape index (κ3) is 2.13. The highest BCUT2D eigenvalue weighted by atomic mass is 28.2. The van der Waals surface area contributed by atoms with E-state index in [-0.39, 0.29) is 5.75 Å². The van der Waals surface area contributed by atoms with Gasteiger partial charge in [0.05, 0.1) is 0 Å². The molecule has 1 heterocycles. The van der Waals surface area contributed by atoms with Crippen LogP contribution < -0.4 is 10.5 Å². The molecule has 3 aromatic rings. The van der Waals surface area contributed by atoms with Crippen molar-refractivity contribution in [1.82, 2.24) is 4.98 Å².